The van der Waals surface area contributed by atoms with Crippen molar-refractivity contribution >= 4 is 12.4 Å². The van der Waals surface area contributed by atoms with Crippen molar-refractivity contribution in [3.63, 3.8) is 0 Å². The van der Waals surface area contributed by atoms with Gasteiger partial charge < -0.3 is 4.90 Å². The summed E-state index contributed by atoms with van der Waals surface area (Å²) in [6.07, 6.45) is 27.0. The zero-order chi connectivity index (χ0) is 23.1. The van der Waals surface area contributed by atoms with Crippen LogP contribution in [0.25, 0.3) is 0 Å². The summed E-state index contributed by atoms with van der Waals surface area (Å²) in [5.74, 6) is 0. The summed E-state index contributed by atoms with van der Waals surface area (Å²) < 4.78 is 0. The molecular weight excluding hydrogens is 422 g/mol. The Morgan fingerprint density at radius 3 is 1.33 bits per heavy atom. The number of hydrogen-bond acceptors (Lipinski definition) is 1. The zero-order valence-corrected chi connectivity index (χ0v) is 23.5. The first-order chi connectivity index (χ1) is 15.8. The van der Waals surface area contributed by atoms with Crippen LogP contribution in [-0.4, -0.2) is 24.5 Å². The maximum absolute atomic E-state index is 2.66. The van der Waals surface area contributed by atoms with Gasteiger partial charge in [0.15, 0.2) is 0 Å². The third-order valence-corrected chi connectivity index (χ3v) is 7.01. The van der Waals surface area contributed by atoms with Gasteiger partial charge in [0.05, 0.1) is 0 Å². The molecule has 0 aliphatic rings. The van der Waals surface area contributed by atoms with Gasteiger partial charge in [0.25, 0.3) is 0 Å². The minimum absolute atomic E-state index is 0. The number of hydrogen-bond donors (Lipinski definition) is 0. The number of unbranched alkanes of at least 4 members (excludes halogenated alkanes) is 15. The van der Waals surface area contributed by atoms with Crippen LogP contribution < -0.4 is 0 Å². The van der Waals surface area contributed by atoms with Gasteiger partial charge in [0.1, 0.15) is 0 Å². The Morgan fingerprint density at radius 1 is 0.515 bits per heavy atom. The van der Waals surface area contributed by atoms with Gasteiger partial charge in [-0.3, -0.25) is 0 Å². The van der Waals surface area contributed by atoms with E-state index in [4.69, 9.17) is 0 Å². The van der Waals surface area contributed by atoms with E-state index < -0.39 is 0 Å². The molecule has 0 heterocycles. The molecule has 0 atom stereocenters. The van der Waals surface area contributed by atoms with E-state index in [1.165, 1.54) is 147 Å². The van der Waals surface area contributed by atoms with Crippen molar-refractivity contribution in [2.24, 2.45) is 0 Å². The summed E-state index contributed by atoms with van der Waals surface area (Å²) in [6.45, 7) is 10.8. The van der Waals surface area contributed by atoms with Gasteiger partial charge >= 0.3 is 0 Å². The normalized spacial score (nSPS) is 11.2. The zero-order valence-electron chi connectivity index (χ0n) is 22.7. The van der Waals surface area contributed by atoms with E-state index >= 15 is 0 Å². The van der Waals surface area contributed by atoms with E-state index in [1.54, 1.807) is 5.56 Å². The lowest BCUT2D eigenvalue weighted by Crippen LogP contribution is -2.26. The monoisotopic (exact) mass is 479 g/mol. The lowest BCUT2D eigenvalue weighted by molar-refractivity contribution is 0.267. The van der Waals surface area contributed by atoms with Crippen LogP contribution in [0.5, 0.6) is 0 Å². The summed E-state index contributed by atoms with van der Waals surface area (Å²) in [5.41, 5.74) is 3.01. The summed E-state index contributed by atoms with van der Waals surface area (Å²) in [7, 11) is 0. The minimum atomic E-state index is 0. The van der Waals surface area contributed by atoms with Crippen LogP contribution in [-0.2, 0) is 6.42 Å². The van der Waals surface area contributed by atoms with Crippen molar-refractivity contribution in [3.05, 3.63) is 35.4 Å². The van der Waals surface area contributed by atoms with Gasteiger partial charge in [0, 0.05) is 0 Å². The van der Waals surface area contributed by atoms with Crippen LogP contribution in [0.2, 0.25) is 0 Å². The summed E-state index contributed by atoms with van der Waals surface area (Å²) in [5, 5.41) is 0. The fourth-order valence-corrected chi connectivity index (χ4v) is 4.98. The fraction of sp³-hybridized carbons (Fsp3) is 0.806. The highest BCUT2D eigenvalue weighted by molar-refractivity contribution is 5.85. The third-order valence-electron chi connectivity index (χ3n) is 7.01. The Labute approximate surface area is 214 Å². The van der Waals surface area contributed by atoms with Crippen molar-refractivity contribution in [1.82, 2.24) is 4.90 Å². The maximum atomic E-state index is 2.66. The maximum Gasteiger partial charge on any atom is -0.00187 e. The van der Waals surface area contributed by atoms with E-state index in [9.17, 15) is 0 Å². The van der Waals surface area contributed by atoms with Gasteiger partial charge in [-0.1, -0.05) is 128 Å². The molecule has 0 aliphatic heterocycles. The second-order valence-corrected chi connectivity index (χ2v) is 10.2. The minimum Gasteiger partial charge on any atom is -0.303 e. The van der Waals surface area contributed by atoms with E-state index in [0.29, 0.717) is 0 Å². The van der Waals surface area contributed by atoms with Crippen LogP contribution in [0, 0.1) is 6.92 Å². The van der Waals surface area contributed by atoms with E-state index in [0.717, 1.165) is 0 Å². The molecule has 1 aromatic carbocycles. The Kier molecular flexibility index (Phi) is 24.2. The molecule has 0 fully saturated rings. The first-order valence-electron chi connectivity index (χ1n) is 14.5. The summed E-state index contributed by atoms with van der Waals surface area (Å²) in [6, 6.07) is 8.87. The molecule has 0 N–H and O–H groups in total. The van der Waals surface area contributed by atoms with Gasteiger partial charge in [-0.25, -0.2) is 0 Å². The standard InChI is InChI=1S/C31H57N.ClH/c1-4-27-32(28-5-2)29-23-19-17-15-13-11-9-7-6-8-10-12-14-16-18-20-25-31-26-22-21-24-30(31)3;/h21-22,24,26H,4-20,23,25,27-29H2,1-3H3;1H. The van der Waals surface area contributed by atoms with E-state index in [1.807, 2.05) is 0 Å². The first-order valence-corrected chi connectivity index (χ1v) is 14.5. The smallest absolute Gasteiger partial charge is 0.00187 e. The van der Waals surface area contributed by atoms with Crippen molar-refractivity contribution in [3.8, 4) is 0 Å². The van der Waals surface area contributed by atoms with Gasteiger partial charge in [-0.15, -0.1) is 12.4 Å². The Balaban J connectivity index is 0.0000102. The lowest BCUT2D eigenvalue weighted by atomic mass is 10.0. The summed E-state index contributed by atoms with van der Waals surface area (Å²) in [4.78, 5) is 2.66. The van der Waals surface area contributed by atoms with Crippen LogP contribution in [0.1, 0.15) is 141 Å². The highest BCUT2D eigenvalue weighted by Gasteiger charge is 2.02. The molecule has 194 valence electrons. The van der Waals surface area contributed by atoms with Crippen LogP contribution in [0.15, 0.2) is 24.3 Å². The number of halogens is 1. The van der Waals surface area contributed by atoms with Gasteiger partial charge in [-0.2, -0.15) is 0 Å². The molecule has 0 aliphatic carbocycles. The molecule has 0 spiro atoms. The fourth-order valence-electron chi connectivity index (χ4n) is 4.98. The van der Waals surface area contributed by atoms with E-state index in [-0.39, 0.29) is 12.4 Å². The molecule has 1 nitrogen and oxygen atoms in total. The topological polar surface area (TPSA) is 3.24 Å². The van der Waals surface area contributed by atoms with Crippen molar-refractivity contribution in [1.29, 1.82) is 0 Å². The van der Waals surface area contributed by atoms with Crippen molar-refractivity contribution in [2.75, 3.05) is 19.6 Å². The predicted octanol–water partition coefficient (Wildman–Crippen LogP) is 10.3. The summed E-state index contributed by atoms with van der Waals surface area (Å²) >= 11 is 0. The lowest BCUT2D eigenvalue weighted by Gasteiger charge is -2.20. The number of nitrogens with zero attached hydrogens (tertiary/aromatic N) is 1. The number of benzene rings is 1. The second kappa shape index (κ2) is 24.6. The quantitative estimate of drug-likeness (QED) is 0.141. The molecule has 0 amide bonds. The molecule has 33 heavy (non-hydrogen) atoms. The number of aryl methyl sites for hydroxylation is 2. The van der Waals surface area contributed by atoms with Crippen LogP contribution in [0.4, 0.5) is 0 Å². The molecule has 1 aromatic rings. The number of rotatable bonds is 23. The molecular formula is C31H58ClN. The third kappa shape index (κ3) is 19.5. The molecule has 0 unspecified atom stereocenters. The molecule has 2 heteroatoms. The van der Waals surface area contributed by atoms with Crippen molar-refractivity contribution < 1.29 is 0 Å². The molecule has 0 bridgehead atoms. The average molecular weight is 480 g/mol. The van der Waals surface area contributed by atoms with Crippen molar-refractivity contribution in [2.45, 2.75) is 143 Å². The Hall–Kier alpha value is -0.530. The largest absolute Gasteiger partial charge is 0.303 e. The molecule has 0 saturated heterocycles. The van der Waals surface area contributed by atoms with E-state index in [2.05, 4.69) is 49.9 Å². The highest BCUT2D eigenvalue weighted by atomic mass is 35.5. The van der Waals surface area contributed by atoms with Gasteiger partial charge in [0.2, 0.25) is 0 Å². The predicted molar refractivity (Wildman–Crippen MR) is 153 cm³/mol. The molecule has 0 aromatic heterocycles. The van der Waals surface area contributed by atoms with Gasteiger partial charge in [-0.05, 0) is 69.8 Å². The highest BCUT2D eigenvalue weighted by Crippen LogP contribution is 2.15. The molecule has 1 rings (SSSR count). The van der Waals surface area contributed by atoms with Crippen LogP contribution in [0.3, 0.4) is 0 Å². The average Bonchev–Trinajstić information content (AvgIpc) is 2.79. The Bertz CT molecular complexity index is 509. The molecule has 0 saturated carbocycles. The second-order valence-electron chi connectivity index (χ2n) is 10.2. The Morgan fingerprint density at radius 2 is 0.909 bits per heavy atom. The first kappa shape index (κ1) is 32.5. The molecule has 0 radical (unpaired) electrons. The SMILES string of the molecule is CCCN(CCC)CCCCCCCCCCCCCCCCCCc1ccccc1C.Cl. The van der Waals surface area contributed by atoms with Crippen LogP contribution >= 0.6 is 12.4 Å².